The molecule has 0 fully saturated rings. The molecular formula is C12H17BrS. The van der Waals surface area contributed by atoms with Gasteiger partial charge in [0, 0.05) is 4.88 Å². The summed E-state index contributed by atoms with van der Waals surface area (Å²) >= 11 is 5.29. The third-order valence-corrected chi connectivity index (χ3v) is 3.97. The van der Waals surface area contributed by atoms with Crippen LogP contribution in [0.15, 0.2) is 16.4 Å². The first-order valence-corrected chi connectivity index (χ1v) is 6.79. The molecule has 1 heterocycles. The van der Waals surface area contributed by atoms with Crippen LogP contribution in [0.25, 0.3) is 6.08 Å². The van der Waals surface area contributed by atoms with E-state index in [1.807, 2.05) is 6.08 Å². The molecule has 2 heteroatoms. The van der Waals surface area contributed by atoms with Crippen LogP contribution in [0.4, 0.5) is 0 Å². The van der Waals surface area contributed by atoms with Crippen molar-refractivity contribution >= 4 is 33.3 Å². The molecule has 0 N–H and O–H groups in total. The van der Waals surface area contributed by atoms with E-state index in [2.05, 4.69) is 35.5 Å². The number of thiophene rings is 1. The van der Waals surface area contributed by atoms with E-state index >= 15 is 0 Å². The van der Waals surface area contributed by atoms with Crippen LogP contribution in [-0.4, -0.2) is 0 Å². The molecule has 0 saturated heterocycles. The molecule has 0 nitrogen and oxygen atoms in total. The average Bonchev–Trinajstić information content (AvgIpc) is 2.54. The third-order valence-electron chi connectivity index (χ3n) is 2.30. The maximum absolute atomic E-state index is 3.84. The smallest absolute Gasteiger partial charge is 0.0707 e. The number of aryl methyl sites for hydroxylation is 1. The van der Waals surface area contributed by atoms with Crippen LogP contribution < -0.4 is 0 Å². The van der Waals surface area contributed by atoms with Crippen molar-refractivity contribution in [1.82, 2.24) is 0 Å². The summed E-state index contributed by atoms with van der Waals surface area (Å²) in [5.41, 5.74) is 1.45. The Labute approximate surface area is 99.2 Å². The van der Waals surface area contributed by atoms with Gasteiger partial charge in [-0.3, -0.25) is 0 Å². The van der Waals surface area contributed by atoms with E-state index in [1.165, 1.54) is 46.3 Å². The van der Waals surface area contributed by atoms with Gasteiger partial charge in [0.2, 0.25) is 0 Å². The van der Waals surface area contributed by atoms with E-state index in [0.717, 1.165) is 0 Å². The van der Waals surface area contributed by atoms with Gasteiger partial charge < -0.3 is 0 Å². The number of rotatable bonds is 6. The molecule has 78 valence electrons. The number of hydrogen-bond acceptors (Lipinski definition) is 1. The van der Waals surface area contributed by atoms with Gasteiger partial charge in [0.1, 0.15) is 0 Å². The van der Waals surface area contributed by atoms with Crippen LogP contribution in [0, 0.1) is 0 Å². The van der Waals surface area contributed by atoms with Gasteiger partial charge in [-0.15, -0.1) is 11.3 Å². The standard InChI is InChI=1S/C12H17BrS/c1-3-5-6-7-8-10-9-12(13)14-11(10)4-2/h4,9H,2-3,5-8H2,1H3. The summed E-state index contributed by atoms with van der Waals surface area (Å²) in [5.74, 6) is 0. The van der Waals surface area contributed by atoms with Gasteiger partial charge in [0.05, 0.1) is 3.79 Å². The molecule has 1 rings (SSSR count). The second-order valence-electron chi connectivity index (χ2n) is 3.45. The quantitative estimate of drug-likeness (QED) is 0.619. The summed E-state index contributed by atoms with van der Waals surface area (Å²) < 4.78 is 1.22. The van der Waals surface area contributed by atoms with E-state index in [0.29, 0.717) is 0 Å². The molecule has 1 aromatic heterocycles. The lowest BCUT2D eigenvalue weighted by molar-refractivity contribution is 0.667. The highest BCUT2D eigenvalue weighted by molar-refractivity contribution is 9.11. The molecule has 0 spiro atoms. The van der Waals surface area contributed by atoms with Gasteiger partial charge in [-0.25, -0.2) is 0 Å². The molecule has 1 aromatic rings. The highest BCUT2D eigenvalue weighted by atomic mass is 79.9. The molecule has 14 heavy (non-hydrogen) atoms. The fourth-order valence-corrected chi connectivity index (χ4v) is 3.10. The molecule has 0 radical (unpaired) electrons. The van der Waals surface area contributed by atoms with Gasteiger partial charge in [-0.2, -0.15) is 0 Å². The van der Waals surface area contributed by atoms with Crippen LogP contribution in [0.5, 0.6) is 0 Å². The Morgan fingerprint density at radius 1 is 1.43 bits per heavy atom. The summed E-state index contributed by atoms with van der Waals surface area (Å²) in [4.78, 5) is 1.33. The molecule has 0 amide bonds. The Morgan fingerprint density at radius 2 is 2.21 bits per heavy atom. The first kappa shape index (κ1) is 12.0. The van der Waals surface area contributed by atoms with E-state index in [-0.39, 0.29) is 0 Å². The normalized spacial score (nSPS) is 10.4. The van der Waals surface area contributed by atoms with Crippen LogP contribution in [-0.2, 0) is 6.42 Å². The van der Waals surface area contributed by atoms with Crippen LogP contribution in [0.3, 0.4) is 0 Å². The topological polar surface area (TPSA) is 0 Å². The van der Waals surface area contributed by atoms with Crippen LogP contribution >= 0.6 is 27.3 Å². The molecule has 0 aliphatic heterocycles. The predicted octanol–water partition coefficient (Wildman–Crippen LogP) is 5.28. The van der Waals surface area contributed by atoms with E-state index < -0.39 is 0 Å². The van der Waals surface area contributed by atoms with Gasteiger partial charge in [0.25, 0.3) is 0 Å². The Balaban J connectivity index is 2.44. The van der Waals surface area contributed by atoms with E-state index in [1.54, 1.807) is 11.3 Å². The number of unbranched alkanes of at least 4 members (excludes halogenated alkanes) is 3. The van der Waals surface area contributed by atoms with Crippen molar-refractivity contribution in [2.75, 3.05) is 0 Å². The Hall–Kier alpha value is -0.0800. The zero-order valence-electron chi connectivity index (χ0n) is 8.68. The van der Waals surface area contributed by atoms with Crippen molar-refractivity contribution in [1.29, 1.82) is 0 Å². The zero-order valence-corrected chi connectivity index (χ0v) is 11.1. The maximum Gasteiger partial charge on any atom is 0.0707 e. The minimum atomic E-state index is 1.20. The Morgan fingerprint density at radius 3 is 2.86 bits per heavy atom. The van der Waals surface area contributed by atoms with E-state index in [4.69, 9.17) is 0 Å². The second-order valence-corrected chi connectivity index (χ2v) is 5.92. The van der Waals surface area contributed by atoms with Crippen LogP contribution in [0.2, 0.25) is 0 Å². The zero-order chi connectivity index (χ0) is 10.4. The first-order valence-electron chi connectivity index (χ1n) is 5.18. The molecular weight excluding hydrogens is 256 g/mol. The number of halogens is 1. The molecule has 0 unspecified atom stereocenters. The van der Waals surface area contributed by atoms with Crippen molar-refractivity contribution in [3.63, 3.8) is 0 Å². The third kappa shape index (κ3) is 3.58. The predicted molar refractivity (Wildman–Crippen MR) is 70.0 cm³/mol. The molecule has 0 saturated carbocycles. The Kier molecular flexibility index (Phi) is 5.49. The van der Waals surface area contributed by atoms with Crippen molar-refractivity contribution in [2.24, 2.45) is 0 Å². The lowest BCUT2D eigenvalue weighted by atomic mass is 10.1. The highest BCUT2D eigenvalue weighted by Crippen LogP contribution is 2.29. The van der Waals surface area contributed by atoms with Gasteiger partial charge >= 0.3 is 0 Å². The molecule has 0 aliphatic rings. The summed E-state index contributed by atoms with van der Waals surface area (Å²) in [5, 5.41) is 0. The fraction of sp³-hybridized carbons (Fsp3) is 0.500. The molecule has 0 bridgehead atoms. The largest absolute Gasteiger partial charge is 0.129 e. The fourth-order valence-electron chi connectivity index (χ4n) is 1.52. The summed E-state index contributed by atoms with van der Waals surface area (Å²) in [7, 11) is 0. The summed E-state index contributed by atoms with van der Waals surface area (Å²) in [6.07, 6.45) is 8.48. The maximum atomic E-state index is 3.84. The number of hydrogen-bond donors (Lipinski definition) is 0. The van der Waals surface area contributed by atoms with Gasteiger partial charge in [-0.1, -0.05) is 38.8 Å². The lowest BCUT2D eigenvalue weighted by Crippen LogP contribution is -1.84. The molecule has 0 atom stereocenters. The SMILES string of the molecule is C=Cc1sc(Br)cc1CCCCCC. The van der Waals surface area contributed by atoms with Gasteiger partial charge in [0.15, 0.2) is 0 Å². The minimum Gasteiger partial charge on any atom is -0.129 e. The van der Waals surface area contributed by atoms with Gasteiger partial charge in [-0.05, 0) is 40.4 Å². The monoisotopic (exact) mass is 272 g/mol. The lowest BCUT2D eigenvalue weighted by Gasteiger charge is -1.99. The average molecular weight is 273 g/mol. The summed E-state index contributed by atoms with van der Waals surface area (Å²) in [6.45, 7) is 6.09. The molecule has 0 aliphatic carbocycles. The van der Waals surface area contributed by atoms with E-state index in [9.17, 15) is 0 Å². The second kappa shape index (κ2) is 6.41. The Bertz CT molecular complexity index is 289. The van der Waals surface area contributed by atoms with Crippen molar-refractivity contribution in [3.05, 3.63) is 26.9 Å². The first-order chi connectivity index (χ1) is 6.77. The van der Waals surface area contributed by atoms with Crippen molar-refractivity contribution in [2.45, 2.75) is 39.0 Å². The van der Waals surface area contributed by atoms with Crippen molar-refractivity contribution < 1.29 is 0 Å². The summed E-state index contributed by atoms with van der Waals surface area (Å²) in [6, 6.07) is 2.23. The van der Waals surface area contributed by atoms with Crippen LogP contribution in [0.1, 0.15) is 43.0 Å². The van der Waals surface area contributed by atoms with Crippen molar-refractivity contribution in [3.8, 4) is 0 Å². The minimum absolute atomic E-state index is 1.20. The molecule has 0 aromatic carbocycles. The highest BCUT2D eigenvalue weighted by Gasteiger charge is 2.03.